The van der Waals surface area contributed by atoms with Crippen LogP contribution >= 0.6 is 35.3 Å². The summed E-state index contributed by atoms with van der Waals surface area (Å²) >= 11 is 1.79. The molecule has 92 valence electrons. The van der Waals surface area contributed by atoms with Crippen LogP contribution in [0.25, 0.3) is 0 Å². The van der Waals surface area contributed by atoms with Gasteiger partial charge in [0.1, 0.15) is 0 Å². The fraction of sp³-hybridized carbons (Fsp3) is 0.545. The zero-order valence-electron chi connectivity index (χ0n) is 10.1. The van der Waals surface area contributed by atoms with Crippen molar-refractivity contribution in [3.63, 3.8) is 0 Å². The molecule has 0 atom stereocenters. The van der Waals surface area contributed by atoms with Gasteiger partial charge >= 0.3 is 0 Å². The number of rotatable bonds is 4. The Hall–Kier alpha value is -0.300. The number of hydrogen-bond acceptors (Lipinski definition) is 2. The Labute approximate surface area is 119 Å². The van der Waals surface area contributed by atoms with E-state index in [1.807, 2.05) is 19.0 Å². The summed E-state index contributed by atoms with van der Waals surface area (Å²) in [6, 6.07) is 4.24. The first kappa shape index (κ1) is 15.7. The summed E-state index contributed by atoms with van der Waals surface area (Å²) in [5, 5.41) is 5.35. The minimum Gasteiger partial charge on any atom is -0.357 e. The Balaban J connectivity index is 0.00000225. The monoisotopic (exact) mass is 353 g/mol. The normalized spacial score (nSPS) is 10.8. The lowest BCUT2D eigenvalue weighted by Gasteiger charge is -2.16. The van der Waals surface area contributed by atoms with Crippen molar-refractivity contribution in [2.24, 2.45) is 4.99 Å². The van der Waals surface area contributed by atoms with E-state index in [0.717, 1.165) is 25.5 Å². The minimum atomic E-state index is 0. The molecule has 0 aliphatic heterocycles. The third-order valence-electron chi connectivity index (χ3n) is 1.96. The average molecular weight is 353 g/mol. The molecule has 1 aromatic heterocycles. The number of hydrogen-bond donors (Lipinski definition) is 1. The lowest BCUT2D eigenvalue weighted by molar-refractivity contribution is 0.583. The van der Waals surface area contributed by atoms with E-state index in [2.05, 4.69) is 34.7 Å². The van der Waals surface area contributed by atoms with Gasteiger partial charge in [0.15, 0.2) is 5.96 Å². The maximum absolute atomic E-state index is 4.53. The molecule has 1 aromatic rings. The lowest BCUT2D eigenvalue weighted by Crippen LogP contribution is -2.36. The van der Waals surface area contributed by atoms with Crippen molar-refractivity contribution in [3.05, 3.63) is 22.4 Å². The van der Waals surface area contributed by atoms with Crippen molar-refractivity contribution in [2.45, 2.75) is 13.3 Å². The molecule has 1 heterocycles. The summed E-state index contributed by atoms with van der Waals surface area (Å²) < 4.78 is 0. The van der Waals surface area contributed by atoms with Crippen LogP contribution in [0.15, 0.2) is 22.5 Å². The molecule has 16 heavy (non-hydrogen) atoms. The molecule has 0 aliphatic carbocycles. The van der Waals surface area contributed by atoms with E-state index in [1.165, 1.54) is 4.88 Å². The summed E-state index contributed by atoms with van der Waals surface area (Å²) in [5.74, 6) is 0.967. The zero-order valence-corrected chi connectivity index (χ0v) is 13.2. The van der Waals surface area contributed by atoms with Gasteiger partial charge in [-0.1, -0.05) is 6.07 Å². The summed E-state index contributed by atoms with van der Waals surface area (Å²) in [7, 11) is 4.01. The van der Waals surface area contributed by atoms with Crippen LogP contribution in [0.2, 0.25) is 0 Å². The second kappa shape index (κ2) is 8.81. The Kier molecular flexibility index (Phi) is 8.64. The van der Waals surface area contributed by atoms with Crippen molar-refractivity contribution >= 4 is 41.3 Å². The van der Waals surface area contributed by atoms with Crippen molar-refractivity contribution < 1.29 is 0 Å². The standard InChI is InChI=1S/C11H19N3S.HI/c1-4-12-11(14(2)3)13-8-7-10-6-5-9-15-10;/h5-6,9H,4,7-8H2,1-3H3,(H,12,13);1H. The SMILES string of the molecule is CCNC(=NCCc1cccs1)N(C)C.I. The average Bonchev–Trinajstić information content (AvgIpc) is 2.69. The molecule has 0 saturated heterocycles. The van der Waals surface area contributed by atoms with E-state index in [4.69, 9.17) is 0 Å². The number of aliphatic imine (C=N–C) groups is 1. The van der Waals surface area contributed by atoms with Crippen LogP contribution in [0, 0.1) is 0 Å². The van der Waals surface area contributed by atoms with Crippen LogP contribution in [0.5, 0.6) is 0 Å². The molecule has 1 rings (SSSR count). The van der Waals surface area contributed by atoms with E-state index < -0.39 is 0 Å². The molecule has 0 fully saturated rings. The molecule has 0 aromatic carbocycles. The summed E-state index contributed by atoms with van der Waals surface area (Å²) in [5.41, 5.74) is 0. The highest BCUT2D eigenvalue weighted by atomic mass is 127. The highest BCUT2D eigenvalue weighted by Gasteiger charge is 1.99. The van der Waals surface area contributed by atoms with E-state index in [1.54, 1.807) is 11.3 Å². The van der Waals surface area contributed by atoms with Gasteiger partial charge in [-0.25, -0.2) is 0 Å². The predicted molar refractivity (Wildman–Crippen MR) is 83.1 cm³/mol. The maximum Gasteiger partial charge on any atom is 0.193 e. The fourth-order valence-corrected chi connectivity index (χ4v) is 1.94. The molecule has 0 amide bonds. The number of nitrogens with one attached hydrogen (secondary N) is 1. The predicted octanol–water partition coefficient (Wildman–Crippen LogP) is 2.44. The highest BCUT2D eigenvalue weighted by molar-refractivity contribution is 14.0. The van der Waals surface area contributed by atoms with Gasteiger partial charge in [-0.3, -0.25) is 4.99 Å². The van der Waals surface area contributed by atoms with Crippen LogP contribution in [0.1, 0.15) is 11.8 Å². The summed E-state index contributed by atoms with van der Waals surface area (Å²) in [6.45, 7) is 3.84. The van der Waals surface area contributed by atoms with Gasteiger partial charge in [0.25, 0.3) is 0 Å². The lowest BCUT2D eigenvalue weighted by atomic mass is 10.3. The topological polar surface area (TPSA) is 27.6 Å². The second-order valence-corrected chi connectivity index (χ2v) is 4.49. The van der Waals surface area contributed by atoms with Crippen LogP contribution in [0.3, 0.4) is 0 Å². The Morgan fingerprint density at radius 2 is 2.25 bits per heavy atom. The van der Waals surface area contributed by atoms with Gasteiger partial charge in [-0.15, -0.1) is 35.3 Å². The summed E-state index contributed by atoms with van der Waals surface area (Å²) in [4.78, 5) is 7.93. The van der Waals surface area contributed by atoms with Crippen molar-refractivity contribution in [1.82, 2.24) is 10.2 Å². The first-order chi connectivity index (χ1) is 7.24. The first-order valence-electron chi connectivity index (χ1n) is 5.22. The second-order valence-electron chi connectivity index (χ2n) is 3.46. The number of halogens is 1. The molecule has 3 nitrogen and oxygen atoms in total. The smallest absolute Gasteiger partial charge is 0.193 e. The molecular weight excluding hydrogens is 333 g/mol. The van der Waals surface area contributed by atoms with Crippen LogP contribution in [-0.2, 0) is 6.42 Å². The van der Waals surface area contributed by atoms with Gasteiger partial charge < -0.3 is 10.2 Å². The van der Waals surface area contributed by atoms with E-state index in [0.29, 0.717) is 0 Å². The molecule has 5 heteroatoms. The van der Waals surface area contributed by atoms with Crippen molar-refractivity contribution in [1.29, 1.82) is 0 Å². The molecule has 0 aliphatic rings. The van der Waals surface area contributed by atoms with E-state index >= 15 is 0 Å². The van der Waals surface area contributed by atoms with Gasteiger partial charge in [0.2, 0.25) is 0 Å². The molecule has 0 radical (unpaired) electrons. The molecule has 0 bridgehead atoms. The van der Waals surface area contributed by atoms with Crippen LogP contribution in [-0.4, -0.2) is 38.0 Å². The van der Waals surface area contributed by atoms with Crippen LogP contribution < -0.4 is 5.32 Å². The van der Waals surface area contributed by atoms with Gasteiger partial charge in [0.05, 0.1) is 0 Å². The quantitative estimate of drug-likeness (QED) is 0.512. The zero-order chi connectivity index (χ0) is 11.1. The molecule has 0 spiro atoms. The summed E-state index contributed by atoms with van der Waals surface area (Å²) in [6.07, 6.45) is 1.03. The molecule has 0 saturated carbocycles. The largest absolute Gasteiger partial charge is 0.357 e. The Morgan fingerprint density at radius 1 is 1.50 bits per heavy atom. The van der Waals surface area contributed by atoms with Crippen molar-refractivity contribution in [3.8, 4) is 0 Å². The third-order valence-corrected chi connectivity index (χ3v) is 2.89. The van der Waals surface area contributed by atoms with Gasteiger partial charge in [-0.05, 0) is 18.4 Å². The maximum atomic E-state index is 4.53. The number of nitrogens with zero attached hydrogens (tertiary/aromatic N) is 2. The van der Waals surface area contributed by atoms with Gasteiger partial charge in [-0.2, -0.15) is 0 Å². The minimum absolute atomic E-state index is 0. The first-order valence-corrected chi connectivity index (χ1v) is 6.10. The third kappa shape index (κ3) is 5.69. The van der Waals surface area contributed by atoms with Crippen molar-refractivity contribution in [2.75, 3.05) is 27.2 Å². The van der Waals surface area contributed by atoms with E-state index in [9.17, 15) is 0 Å². The highest BCUT2D eigenvalue weighted by Crippen LogP contribution is 2.08. The Bertz CT molecular complexity index is 296. The Morgan fingerprint density at radius 3 is 2.75 bits per heavy atom. The molecule has 1 N–H and O–H groups in total. The van der Waals surface area contributed by atoms with E-state index in [-0.39, 0.29) is 24.0 Å². The molecular formula is C11H20IN3S. The molecule has 0 unspecified atom stereocenters. The number of thiophene rings is 1. The van der Waals surface area contributed by atoms with Gasteiger partial charge in [0, 0.05) is 38.5 Å². The fourth-order valence-electron chi connectivity index (χ4n) is 1.24. The number of guanidine groups is 1. The van der Waals surface area contributed by atoms with Crippen LogP contribution in [0.4, 0.5) is 0 Å².